The molecular formula is C17H32N2O4. The van der Waals surface area contributed by atoms with E-state index in [1.54, 1.807) is 7.11 Å². The predicted molar refractivity (Wildman–Crippen MR) is 89.2 cm³/mol. The van der Waals surface area contributed by atoms with Crippen molar-refractivity contribution in [1.82, 2.24) is 10.6 Å². The van der Waals surface area contributed by atoms with Crippen LogP contribution in [-0.4, -0.2) is 43.4 Å². The molecule has 2 atom stereocenters. The first-order valence-corrected chi connectivity index (χ1v) is 8.34. The molecule has 0 bridgehead atoms. The van der Waals surface area contributed by atoms with Gasteiger partial charge >= 0.3 is 6.09 Å². The molecule has 6 heteroatoms. The molecule has 0 aliphatic heterocycles. The molecule has 134 valence electrons. The summed E-state index contributed by atoms with van der Waals surface area (Å²) >= 11 is 0. The molecule has 0 radical (unpaired) electrons. The summed E-state index contributed by atoms with van der Waals surface area (Å²) in [6.45, 7) is 10.3. The lowest BCUT2D eigenvalue weighted by atomic mass is 9.63. The van der Waals surface area contributed by atoms with Gasteiger partial charge in [-0.3, -0.25) is 4.79 Å². The van der Waals surface area contributed by atoms with Crippen molar-refractivity contribution in [2.75, 3.05) is 13.7 Å². The molecule has 0 spiro atoms. The normalized spacial score (nSPS) is 22.9. The van der Waals surface area contributed by atoms with Crippen molar-refractivity contribution in [3.63, 3.8) is 0 Å². The molecule has 0 heterocycles. The number of nitrogens with one attached hydrogen (secondary N) is 2. The number of carbonyl (C=O) groups is 2. The maximum Gasteiger partial charge on any atom is 0.407 e. The van der Waals surface area contributed by atoms with Crippen molar-refractivity contribution < 1.29 is 19.1 Å². The molecule has 0 aromatic heterocycles. The maximum absolute atomic E-state index is 11.9. The fourth-order valence-corrected chi connectivity index (χ4v) is 2.66. The molecule has 2 amide bonds. The second kappa shape index (κ2) is 7.99. The lowest BCUT2D eigenvalue weighted by Gasteiger charge is -2.52. The number of hydrogen-bond acceptors (Lipinski definition) is 4. The SMILES string of the molecule is COCCCCC(=O)NC1CC(NC(=O)OC(C)(C)C)C1(C)C. The van der Waals surface area contributed by atoms with Crippen LogP contribution in [0.2, 0.25) is 0 Å². The van der Waals surface area contributed by atoms with E-state index in [1.165, 1.54) is 0 Å². The van der Waals surface area contributed by atoms with Crippen LogP contribution in [0.1, 0.15) is 60.3 Å². The van der Waals surface area contributed by atoms with Gasteiger partial charge in [-0.2, -0.15) is 0 Å². The Bertz CT molecular complexity index is 415. The summed E-state index contributed by atoms with van der Waals surface area (Å²) in [5.74, 6) is 0.0647. The van der Waals surface area contributed by atoms with E-state index in [9.17, 15) is 9.59 Å². The van der Waals surface area contributed by atoms with Crippen LogP contribution in [0.25, 0.3) is 0 Å². The third-order valence-corrected chi connectivity index (χ3v) is 4.30. The Kier molecular flexibility index (Phi) is 6.86. The van der Waals surface area contributed by atoms with Gasteiger partial charge in [-0.1, -0.05) is 13.8 Å². The molecule has 0 saturated heterocycles. The maximum atomic E-state index is 11.9. The summed E-state index contributed by atoms with van der Waals surface area (Å²) < 4.78 is 10.3. The first-order valence-electron chi connectivity index (χ1n) is 8.34. The summed E-state index contributed by atoms with van der Waals surface area (Å²) in [6.07, 6.45) is 2.56. The Morgan fingerprint density at radius 1 is 1.13 bits per heavy atom. The molecular weight excluding hydrogens is 296 g/mol. The van der Waals surface area contributed by atoms with E-state index in [-0.39, 0.29) is 23.4 Å². The molecule has 23 heavy (non-hydrogen) atoms. The molecule has 1 aliphatic rings. The first-order chi connectivity index (χ1) is 10.6. The Hall–Kier alpha value is -1.30. The average Bonchev–Trinajstić information content (AvgIpc) is 2.40. The van der Waals surface area contributed by atoms with Gasteiger partial charge in [0.1, 0.15) is 5.60 Å². The zero-order chi connectivity index (χ0) is 17.7. The fourth-order valence-electron chi connectivity index (χ4n) is 2.66. The van der Waals surface area contributed by atoms with Gasteiger partial charge in [0.05, 0.1) is 0 Å². The summed E-state index contributed by atoms with van der Waals surface area (Å²) in [6, 6.07) is 0.0912. The first kappa shape index (κ1) is 19.7. The summed E-state index contributed by atoms with van der Waals surface area (Å²) in [7, 11) is 1.66. The number of unbranched alkanes of at least 4 members (excludes halogenated alkanes) is 1. The van der Waals surface area contributed by atoms with Crippen molar-refractivity contribution in [2.45, 2.75) is 78.0 Å². The number of ether oxygens (including phenoxy) is 2. The van der Waals surface area contributed by atoms with Crippen LogP contribution in [-0.2, 0) is 14.3 Å². The molecule has 1 fully saturated rings. The third kappa shape index (κ3) is 6.37. The Morgan fingerprint density at radius 2 is 1.74 bits per heavy atom. The van der Waals surface area contributed by atoms with E-state index in [0.29, 0.717) is 13.0 Å². The lowest BCUT2D eigenvalue weighted by Crippen LogP contribution is -2.66. The van der Waals surface area contributed by atoms with E-state index in [0.717, 1.165) is 19.3 Å². The van der Waals surface area contributed by atoms with Crippen LogP contribution < -0.4 is 10.6 Å². The largest absolute Gasteiger partial charge is 0.444 e. The van der Waals surface area contributed by atoms with Gasteiger partial charge in [-0.25, -0.2) is 4.79 Å². The predicted octanol–water partition coefficient (Wildman–Crippen LogP) is 2.61. The summed E-state index contributed by atoms with van der Waals surface area (Å²) in [4.78, 5) is 23.8. The minimum Gasteiger partial charge on any atom is -0.444 e. The number of amides is 2. The molecule has 6 nitrogen and oxygen atoms in total. The van der Waals surface area contributed by atoms with E-state index in [1.807, 2.05) is 20.8 Å². The van der Waals surface area contributed by atoms with Gasteiger partial charge in [0.25, 0.3) is 0 Å². The highest BCUT2D eigenvalue weighted by molar-refractivity contribution is 5.76. The van der Waals surface area contributed by atoms with Crippen molar-refractivity contribution in [1.29, 1.82) is 0 Å². The van der Waals surface area contributed by atoms with E-state index >= 15 is 0 Å². The molecule has 1 saturated carbocycles. The minimum absolute atomic E-state index is 0.0103. The zero-order valence-electron chi connectivity index (χ0n) is 15.3. The van der Waals surface area contributed by atoms with Crippen molar-refractivity contribution in [2.24, 2.45) is 5.41 Å². The Balaban J connectivity index is 2.34. The van der Waals surface area contributed by atoms with Crippen LogP contribution in [0, 0.1) is 5.41 Å². The van der Waals surface area contributed by atoms with Crippen LogP contribution in [0.3, 0.4) is 0 Å². The molecule has 0 aromatic rings. The van der Waals surface area contributed by atoms with Crippen LogP contribution >= 0.6 is 0 Å². The van der Waals surface area contributed by atoms with E-state index < -0.39 is 11.7 Å². The summed E-state index contributed by atoms with van der Waals surface area (Å²) in [5.41, 5.74) is -0.688. The number of carbonyl (C=O) groups excluding carboxylic acids is 2. The van der Waals surface area contributed by atoms with E-state index in [2.05, 4.69) is 24.5 Å². The molecule has 0 aromatic carbocycles. The van der Waals surface area contributed by atoms with Gasteiger partial charge in [0.2, 0.25) is 5.91 Å². The van der Waals surface area contributed by atoms with E-state index in [4.69, 9.17) is 9.47 Å². The summed E-state index contributed by atoms with van der Waals surface area (Å²) in [5, 5.41) is 5.96. The molecule has 2 unspecified atom stereocenters. The second-order valence-corrected chi connectivity index (χ2v) is 7.83. The number of alkyl carbamates (subject to hydrolysis) is 1. The van der Waals surface area contributed by atoms with Gasteiger partial charge in [-0.15, -0.1) is 0 Å². The number of hydrogen-bond donors (Lipinski definition) is 2. The Labute approximate surface area is 139 Å². The van der Waals surface area contributed by atoms with Crippen molar-refractivity contribution >= 4 is 12.0 Å². The standard InChI is InChI=1S/C17H32N2O4/c1-16(2,3)23-15(21)19-13-11-12(17(13,4)5)18-14(20)9-7-8-10-22-6/h12-13H,7-11H2,1-6H3,(H,18,20)(H,19,21). The monoisotopic (exact) mass is 328 g/mol. The van der Waals surface area contributed by atoms with Gasteiger partial charge < -0.3 is 20.1 Å². The second-order valence-electron chi connectivity index (χ2n) is 7.83. The molecule has 2 N–H and O–H groups in total. The topological polar surface area (TPSA) is 76.7 Å². The molecule has 1 aliphatic carbocycles. The Morgan fingerprint density at radius 3 is 2.26 bits per heavy atom. The average molecular weight is 328 g/mol. The van der Waals surface area contributed by atoms with Crippen LogP contribution in [0.4, 0.5) is 4.79 Å². The third-order valence-electron chi connectivity index (χ3n) is 4.30. The van der Waals surface area contributed by atoms with Gasteiger partial charge in [-0.05, 0) is 40.0 Å². The number of methoxy groups -OCH3 is 1. The quantitative estimate of drug-likeness (QED) is 0.704. The van der Waals surface area contributed by atoms with Crippen LogP contribution in [0.15, 0.2) is 0 Å². The van der Waals surface area contributed by atoms with Crippen LogP contribution in [0.5, 0.6) is 0 Å². The smallest absolute Gasteiger partial charge is 0.407 e. The highest BCUT2D eigenvalue weighted by Crippen LogP contribution is 2.40. The lowest BCUT2D eigenvalue weighted by molar-refractivity contribution is -0.124. The van der Waals surface area contributed by atoms with Crippen molar-refractivity contribution in [3.05, 3.63) is 0 Å². The number of rotatable bonds is 7. The molecule has 1 rings (SSSR count). The van der Waals surface area contributed by atoms with Gasteiger partial charge in [0.15, 0.2) is 0 Å². The zero-order valence-corrected chi connectivity index (χ0v) is 15.3. The highest BCUT2D eigenvalue weighted by atomic mass is 16.6. The minimum atomic E-state index is -0.506. The van der Waals surface area contributed by atoms with Gasteiger partial charge in [0, 0.05) is 37.6 Å². The fraction of sp³-hybridized carbons (Fsp3) is 0.882. The van der Waals surface area contributed by atoms with Crippen molar-refractivity contribution in [3.8, 4) is 0 Å². The highest BCUT2D eigenvalue weighted by Gasteiger charge is 2.49.